The van der Waals surface area contributed by atoms with Gasteiger partial charge >= 0.3 is 0 Å². The largest absolute Gasteiger partial charge is 0.0891 e. The zero-order chi connectivity index (χ0) is 14.7. The van der Waals surface area contributed by atoms with E-state index in [0.29, 0.717) is 23.7 Å². The second kappa shape index (κ2) is 6.63. The lowest BCUT2D eigenvalue weighted by molar-refractivity contribution is 0.370. The Hall–Kier alpha value is -1.01. The molecule has 0 aliphatic heterocycles. The second-order valence-electron chi connectivity index (χ2n) is 6.34. The summed E-state index contributed by atoms with van der Waals surface area (Å²) < 4.78 is 0. The van der Waals surface area contributed by atoms with Gasteiger partial charge in [-0.25, -0.2) is 0 Å². The first-order chi connectivity index (χ1) is 9.49. The Bertz CT molecular complexity index is 493. The lowest BCUT2D eigenvalue weighted by Gasteiger charge is -2.28. The molecule has 0 radical (unpaired) electrons. The third-order valence-electron chi connectivity index (χ3n) is 4.66. The van der Waals surface area contributed by atoms with Crippen molar-refractivity contribution < 1.29 is 0 Å². The van der Waals surface area contributed by atoms with Crippen molar-refractivity contribution in [3.8, 4) is 0 Å². The van der Waals surface area contributed by atoms with Crippen molar-refractivity contribution in [1.29, 1.82) is 0 Å². The molecule has 1 heteroatoms. The highest BCUT2D eigenvalue weighted by atomic mass is 35.5. The van der Waals surface area contributed by atoms with Gasteiger partial charge in [0.2, 0.25) is 0 Å². The first-order valence-electron chi connectivity index (χ1n) is 7.61. The predicted octanol–water partition coefficient (Wildman–Crippen LogP) is 6.25. The minimum absolute atomic E-state index is 0.548. The van der Waals surface area contributed by atoms with Gasteiger partial charge in [0.05, 0.1) is 0 Å². The molecular formula is C19H25Cl. The summed E-state index contributed by atoms with van der Waals surface area (Å²) in [6.45, 7) is 9.14. The highest BCUT2D eigenvalue weighted by Crippen LogP contribution is 2.36. The predicted molar refractivity (Wildman–Crippen MR) is 89.3 cm³/mol. The molecule has 0 aromatic heterocycles. The Morgan fingerprint density at radius 2 is 1.60 bits per heavy atom. The van der Waals surface area contributed by atoms with Crippen LogP contribution >= 0.6 is 11.6 Å². The van der Waals surface area contributed by atoms with E-state index in [1.807, 2.05) is 6.08 Å². The van der Waals surface area contributed by atoms with Gasteiger partial charge in [0.1, 0.15) is 0 Å². The quantitative estimate of drug-likeness (QED) is 0.614. The molecule has 20 heavy (non-hydrogen) atoms. The minimum Gasteiger partial charge on any atom is -0.0891 e. The molecule has 3 unspecified atom stereocenters. The topological polar surface area (TPSA) is 0 Å². The summed E-state index contributed by atoms with van der Waals surface area (Å²) in [6.07, 6.45) is 7.39. The monoisotopic (exact) mass is 288 g/mol. The van der Waals surface area contributed by atoms with Gasteiger partial charge in [-0.1, -0.05) is 75.7 Å². The van der Waals surface area contributed by atoms with Gasteiger partial charge in [-0.2, -0.15) is 0 Å². The Morgan fingerprint density at radius 3 is 2.15 bits per heavy atom. The van der Waals surface area contributed by atoms with Crippen LogP contribution in [0.5, 0.6) is 0 Å². The van der Waals surface area contributed by atoms with Crippen molar-refractivity contribution >= 4 is 11.6 Å². The molecule has 1 aromatic rings. The molecule has 108 valence electrons. The van der Waals surface area contributed by atoms with E-state index in [-0.39, 0.29) is 0 Å². The highest BCUT2D eigenvalue weighted by Gasteiger charge is 2.23. The van der Waals surface area contributed by atoms with Gasteiger partial charge in [0, 0.05) is 5.03 Å². The molecule has 1 aliphatic rings. The summed E-state index contributed by atoms with van der Waals surface area (Å²) in [5.74, 6) is 2.29. The summed E-state index contributed by atoms with van der Waals surface area (Å²) in [5.41, 5.74) is 2.85. The molecule has 0 N–H and O–H groups in total. The maximum atomic E-state index is 6.17. The van der Waals surface area contributed by atoms with E-state index in [9.17, 15) is 0 Å². The van der Waals surface area contributed by atoms with E-state index in [1.165, 1.54) is 11.1 Å². The van der Waals surface area contributed by atoms with E-state index < -0.39 is 0 Å². The van der Waals surface area contributed by atoms with Crippen molar-refractivity contribution in [2.45, 2.75) is 46.0 Å². The molecule has 1 aromatic carbocycles. The molecule has 0 bridgehead atoms. The van der Waals surface area contributed by atoms with Crippen LogP contribution in [0, 0.1) is 11.8 Å². The van der Waals surface area contributed by atoms with Gasteiger partial charge < -0.3 is 0 Å². The van der Waals surface area contributed by atoms with Crippen molar-refractivity contribution in [2.75, 3.05) is 0 Å². The Kier molecular flexibility index (Phi) is 5.10. The van der Waals surface area contributed by atoms with E-state index >= 15 is 0 Å². The molecule has 0 fully saturated rings. The van der Waals surface area contributed by atoms with Crippen molar-refractivity contribution in [1.82, 2.24) is 0 Å². The van der Waals surface area contributed by atoms with Crippen molar-refractivity contribution in [3.05, 3.63) is 58.7 Å². The van der Waals surface area contributed by atoms with Crippen LogP contribution < -0.4 is 0 Å². The third kappa shape index (κ3) is 3.55. The van der Waals surface area contributed by atoms with Crippen LogP contribution in [-0.2, 0) is 0 Å². The summed E-state index contributed by atoms with van der Waals surface area (Å²) in [5, 5.41) is 0.978. The summed E-state index contributed by atoms with van der Waals surface area (Å²) >= 11 is 6.17. The van der Waals surface area contributed by atoms with Gasteiger partial charge in [-0.3, -0.25) is 0 Å². The van der Waals surface area contributed by atoms with Crippen LogP contribution in [0.2, 0.25) is 0 Å². The highest BCUT2D eigenvalue weighted by molar-refractivity contribution is 6.29. The van der Waals surface area contributed by atoms with Gasteiger partial charge in [-0.15, -0.1) is 0 Å². The molecule has 0 saturated carbocycles. The molecule has 3 atom stereocenters. The minimum atomic E-state index is 0.548. The van der Waals surface area contributed by atoms with Crippen LogP contribution in [0.15, 0.2) is 47.5 Å². The normalized spacial score (nSPS) is 21.7. The van der Waals surface area contributed by atoms with Crippen LogP contribution in [-0.4, -0.2) is 0 Å². The maximum Gasteiger partial charge on any atom is 0.0186 e. The van der Waals surface area contributed by atoms with Crippen LogP contribution in [0.3, 0.4) is 0 Å². The first-order valence-corrected chi connectivity index (χ1v) is 7.99. The standard InChI is InChI=1S/C19H25Cl/c1-13(2)16-8-10-17(11-9-16)14(3)15(4)18-6-5-7-19(20)12-18/h5-11,13-15,18H,12H2,1-4H3. The van der Waals surface area contributed by atoms with Crippen LogP contribution in [0.4, 0.5) is 0 Å². The molecule has 0 spiro atoms. The Balaban J connectivity index is 2.08. The zero-order valence-electron chi connectivity index (χ0n) is 12.9. The number of halogens is 1. The van der Waals surface area contributed by atoms with Crippen molar-refractivity contribution in [3.63, 3.8) is 0 Å². The molecule has 2 rings (SSSR count). The Labute approximate surface area is 128 Å². The lowest BCUT2D eigenvalue weighted by atomic mass is 9.77. The number of rotatable bonds is 4. The molecule has 0 amide bonds. The summed E-state index contributed by atoms with van der Waals surface area (Å²) in [7, 11) is 0. The molecule has 1 aliphatic carbocycles. The second-order valence-corrected chi connectivity index (χ2v) is 6.82. The molecule has 0 saturated heterocycles. The van der Waals surface area contributed by atoms with E-state index in [4.69, 9.17) is 11.6 Å². The number of benzene rings is 1. The molecule has 0 heterocycles. The third-order valence-corrected chi connectivity index (χ3v) is 4.94. The first kappa shape index (κ1) is 15.4. The summed E-state index contributed by atoms with van der Waals surface area (Å²) in [6, 6.07) is 9.13. The fourth-order valence-corrected chi connectivity index (χ4v) is 3.13. The zero-order valence-corrected chi connectivity index (χ0v) is 13.7. The van der Waals surface area contributed by atoms with E-state index in [0.717, 1.165) is 11.5 Å². The smallest absolute Gasteiger partial charge is 0.0186 e. The van der Waals surface area contributed by atoms with Gasteiger partial charge in [0.15, 0.2) is 0 Å². The number of hydrogen-bond acceptors (Lipinski definition) is 0. The van der Waals surface area contributed by atoms with E-state index in [1.54, 1.807) is 0 Å². The number of allylic oxidation sites excluding steroid dienone is 4. The van der Waals surface area contributed by atoms with Crippen molar-refractivity contribution in [2.24, 2.45) is 11.8 Å². The lowest BCUT2D eigenvalue weighted by Crippen LogP contribution is -2.17. The average Bonchev–Trinajstić information content (AvgIpc) is 2.46. The van der Waals surface area contributed by atoms with E-state index in [2.05, 4.69) is 64.1 Å². The number of hydrogen-bond donors (Lipinski definition) is 0. The average molecular weight is 289 g/mol. The van der Waals surface area contributed by atoms with Crippen LogP contribution in [0.25, 0.3) is 0 Å². The SMILES string of the molecule is CC(C)c1ccc(C(C)C(C)C2C=CC=C(Cl)C2)cc1. The van der Waals surface area contributed by atoms with Crippen LogP contribution in [0.1, 0.15) is 57.1 Å². The van der Waals surface area contributed by atoms with Gasteiger partial charge in [0.25, 0.3) is 0 Å². The maximum absolute atomic E-state index is 6.17. The molecular weight excluding hydrogens is 264 g/mol. The fourth-order valence-electron chi connectivity index (χ4n) is 2.88. The fraction of sp³-hybridized carbons (Fsp3) is 0.474. The Morgan fingerprint density at radius 1 is 1.00 bits per heavy atom. The molecule has 0 nitrogen and oxygen atoms in total. The van der Waals surface area contributed by atoms with Gasteiger partial charge in [-0.05, 0) is 47.3 Å². The summed E-state index contributed by atoms with van der Waals surface area (Å²) in [4.78, 5) is 0.